The third kappa shape index (κ3) is 4.99. The van der Waals surface area contributed by atoms with Gasteiger partial charge in [0.25, 0.3) is 0 Å². The van der Waals surface area contributed by atoms with Gasteiger partial charge in [-0.3, -0.25) is 4.90 Å². The SMILES string of the molecule is COc1ccccc1C(CCOc1ccc2ncsc2c1)N(CCO)CCO. The monoisotopic (exact) mass is 402 g/mol. The maximum Gasteiger partial charge on any atom is 0.123 e. The minimum Gasteiger partial charge on any atom is -0.496 e. The van der Waals surface area contributed by atoms with E-state index in [1.165, 1.54) is 0 Å². The highest BCUT2D eigenvalue weighted by molar-refractivity contribution is 7.16. The fourth-order valence-corrected chi connectivity index (χ4v) is 4.08. The van der Waals surface area contributed by atoms with Crippen molar-refractivity contribution in [2.45, 2.75) is 12.5 Å². The normalized spacial score (nSPS) is 12.4. The van der Waals surface area contributed by atoms with E-state index in [9.17, 15) is 10.2 Å². The molecule has 0 spiro atoms. The average Bonchev–Trinajstić information content (AvgIpc) is 3.19. The average molecular weight is 403 g/mol. The van der Waals surface area contributed by atoms with Crippen molar-refractivity contribution in [3.8, 4) is 11.5 Å². The molecule has 0 saturated carbocycles. The van der Waals surface area contributed by atoms with Gasteiger partial charge < -0.3 is 19.7 Å². The number of ether oxygens (including phenoxy) is 2. The molecular weight excluding hydrogens is 376 g/mol. The molecule has 2 N–H and O–H groups in total. The highest BCUT2D eigenvalue weighted by Crippen LogP contribution is 2.32. The predicted octanol–water partition coefficient (Wildman–Crippen LogP) is 3.10. The van der Waals surface area contributed by atoms with Gasteiger partial charge in [-0.05, 0) is 24.3 Å². The zero-order chi connectivity index (χ0) is 19.8. The summed E-state index contributed by atoms with van der Waals surface area (Å²) in [6, 6.07) is 13.7. The fourth-order valence-electron chi connectivity index (χ4n) is 3.37. The first-order chi connectivity index (χ1) is 13.8. The Balaban J connectivity index is 1.75. The summed E-state index contributed by atoms with van der Waals surface area (Å²) in [7, 11) is 1.65. The minimum atomic E-state index is -0.0393. The van der Waals surface area contributed by atoms with E-state index >= 15 is 0 Å². The molecule has 0 fully saturated rings. The molecule has 0 aliphatic carbocycles. The Morgan fingerprint density at radius 2 is 1.89 bits per heavy atom. The van der Waals surface area contributed by atoms with Crippen LogP contribution in [0.25, 0.3) is 10.2 Å². The van der Waals surface area contributed by atoms with Gasteiger partial charge in [-0.15, -0.1) is 11.3 Å². The van der Waals surface area contributed by atoms with Crippen molar-refractivity contribution in [2.24, 2.45) is 0 Å². The van der Waals surface area contributed by atoms with Crippen molar-refractivity contribution in [1.29, 1.82) is 0 Å². The van der Waals surface area contributed by atoms with Gasteiger partial charge in [-0.1, -0.05) is 18.2 Å². The van der Waals surface area contributed by atoms with Gasteiger partial charge in [-0.2, -0.15) is 0 Å². The number of hydrogen-bond acceptors (Lipinski definition) is 7. The van der Waals surface area contributed by atoms with Crippen LogP contribution in [0.15, 0.2) is 48.0 Å². The van der Waals surface area contributed by atoms with Crippen molar-refractivity contribution in [3.05, 3.63) is 53.5 Å². The highest BCUT2D eigenvalue weighted by atomic mass is 32.1. The fraction of sp³-hybridized carbons (Fsp3) is 0.381. The number of aliphatic hydroxyl groups is 2. The molecule has 0 radical (unpaired) electrons. The Bertz CT molecular complexity index is 864. The van der Waals surface area contributed by atoms with Crippen LogP contribution >= 0.6 is 11.3 Å². The second-order valence-corrected chi connectivity index (χ2v) is 7.25. The molecule has 0 bridgehead atoms. The van der Waals surface area contributed by atoms with Crippen LogP contribution < -0.4 is 9.47 Å². The number of aromatic nitrogens is 1. The summed E-state index contributed by atoms with van der Waals surface area (Å²) in [5, 5.41) is 19.0. The number of fused-ring (bicyclic) bond motifs is 1. The summed E-state index contributed by atoms with van der Waals surface area (Å²) < 4.78 is 12.6. The van der Waals surface area contributed by atoms with Crippen molar-refractivity contribution >= 4 is 21.6 Å². The van der Waals surface area contributed by atoms with Crippen LogP contribution in [0, 0.1) is 0 Å². The highest BCUT2D eigenvalue weighted by Gasteiger charge is 2.23. The molecule has 3 rings (SSSR count). The van der Waals surface area contributed by atoms with Crippen LogP contribution in [0.4, 0.5) is 0 Å². The van der Waals surface area contributed by atoms with Gasteiger partial charge in [-0.25, -0.2) is 4.98 Å². The number of benzene rings is 2. The van der Waals surface area contributed by atoms with E-state index in [2.05, 4.69) is 9.88 Å². The number of rotatable bonds is 11. The summed E-state index contributed by atoms with van der Waals surface area (Å²) in [6.07, 6.45) is 0.696. The van der Waals surface area contributed by atoms with E-state index in [0.717, 1.165) is 27.3 Å². The van der Waals surface area contributed by atoms with Crippen LogP contribution in [-0.4, -0.2) is 60.1 Å². The standard InChI is InChI=1S/C21H26N2O4S/c1-26-20-5-3-2-4-17(20)19(23(9-11-24)10-12-25)8-13-27-16-6-7-18-21(14-16)28-15-22-18/h2-7,14-15,19,24-25H,8-13H2,1H3. The number of methoxy groups -OCH3 is 1. The topological polar surface area (TPSA) is 75.1 Å². The van der Waals surface area contributed by atoms with Crippen LogP contribution in [0.1, 0.15) is 18.0 Å². The van der Waals surface area contributed by atoms with E-state index in [1.54, 1.807) is 18.4 Å². The molecule has 0 saturated heterocycles. The second-order valence-electron chi connectivity index (χ2n) is 6.36. The van der Waals surface area contributed by atoms with Gasteiger partial charge in [0.15, 0.2) is 0 Å². The summed E-state index contributed by atoms with van der Waals surface area (Å²) in [6.45, 7) is 1.48. The Hall–Kier alpha value is -2.19. The first-order valence-corrected chi connectivity index (χ1v) is 10.2. The number of thiazole rings is 1. The van der Waals surface area contributed by atoms with E-state index in [4.69, 9.17) is 9.47 Å². The maximum absolute atomic E-state index is 9.48. The zero-order valence-corrected chi connectivity index (χ0v) is 16.8. The summed E-state index contributed by atoms with van der Waals surface area (Å²) in [5.74, 6) is 1.60. The molecule has 1 aromatic heterocycles. The predicted molar refractivity (Wildman–Crippen MR) is 111 cm³/mol. The van der Waals surface area contributed by atoms with Crippen LogP contribution in [0.2, 0.25) is 0 Å². The molecule has 0 aliphatic heterocycles. The molecule has 2 aromatic carbocycles. The lowest BCUT2D eigenvalue weighted by atomic mass is 10.0. The van der Waals surface area contributed by atoms with Crippen molar-refractivity contribution < 1.29 is 19.7 Å². The van der Waals surface area contributed by atoms with Crippen LogP contribution in [0.5, 0.6) is 11.5 Å². The van der Waals surface area contributed by atoms with E-state index in [0.29, 0.717) is 26.1 Å². The molecule has 1 unspecified atom stereocenters. The van der Waals surface area contributed by atoms with Crippen LogP contribution in [-0.2, 0) is 0 Å². The van der Waals surface area contributed by atoms with Crippen LogP contribution in [0.3, 0.4) is 0 Å². The minimum absolute atomic E-state index is 0.0224. The van der Waals surface area contributed by atoms with E-state index < -0.39 is 0 Å². The van der Waals surface area contributed by atoms with Crippen molar-refractivity contribution in [1.82, 2.24) is 9.88 Å². The Labute approximate surface area is 169 Å². The maximum atomic E-state index is 9.48. The molecular formula is C21H26N2O4S. The number of nitrogens with zero attached hydrogens (tertiary/aromatic N) is 2. The molecule has 6 nitrogen and oxygen atoms in total. The quantitative estimate of drug-likeness (QED) is 0.513. The zero-order valence-electron chi connectivity index (χ0n) is 16.0. The Kier molecular flexibility index (Phi) is 7.62. The molecule has 0 aliphatic rings. The molecule has 1 heterocycles. The number of para-hydroxylation sites is 1. The smallest absolute Gasteiger partial charge is 0.123 e. The summed E-state index contributed by atoms with van der Waals surface area (Å²) >= 11 is 1.59. The second kappa shape index (κ2) is 10.4. The lowest BCUT2D eigenvalue weighted by Crippen LogP contribution is -2.35. The van der Waals surface area contributed by atoms with Gasteiger partial charge in [0.05, 0.1) is 42.7 Å². The molecule has 1 atom stereocenters. The Morgan fingerprint density at radius 3 is 2.64 bits per heavy atom. The lowest BCUT2D eigenvalue weighted by molar-refractivity contribution is 0.106. The third-order valence-electron chi connectivity index (χ3n) is 4.68. The van der Waals surface area contributed by atoms with Gasteiger partial charge in [0, 0.05) is 31.1 Å². The number of hydrogen-bond donors (Lipinski definition) is 2. The molecule has 28 heavy (non-hydrogen) atoms. The van der Waals surface area contributed by atoms with Gasteiger partial charge >= 0.3 is 0 Å². The molecule has 7 heteroatoms. The largest absolute Gasteiger partial charge is 0.496 e. The van der Waals surface area contributed by atoms with E-state index in [1.807, 2.05) is 48.0 Å². The van der Waals surface area contributed by atoms with E-state index in [-0.39, 0.29) is 19.3 Å². The number of aliphatic hydroxyl groups excluding tert-OH is 2. The van der Waals surface area contributed by atoms with Crippen molar-refractivity contribution in [3.63, 3.8) is 0 Å². The third-order valence-corrected chi connectivity index (χ3v) is 5.47. The first-order valence-electron chi connectivity index (χ1n) is 9.31. The molecule has 0 amide bonds. The Morgan fingerprint density at radius 1 is 1.11 bits per heavy atom. The van der Waals surface area contributed by atoms with Crippen molar-refractivity contribution in [2.75, 3.05) is 40.0 Å². The molecule has 150 valence electrons. The molecule has 3 aromatic rings. The summed E-state index contributed by atoms with van der Waals surface area (Å²) in [5.41, 5.74) is 3.82. The van der Waals surface area contributed by atoms with Gasteiger partial charge in [0.2, 0.25) is 0 Å². The first kappa shape index (κ1) is 20.5. The van der Waals surface area contributed by atoms with Gasteiger partial charge in [0.1, 0.15) is 11.5 Å². The lowest BCUT2D eigenvalue weighted by Gasteiger charge is -2.32. The summed E-state index contributed by atoms with van der Waals surface area (Å²) in [4.78, 5) is 6.35.